The Hall–Kier alpha value is -0.880. The normalized spacial score (nSPS) is 11.2. The smallest absolute Gasteiger partial charge is 0.269 e. The Morgan fingerprint density at radius 2 is 2.08 bits per heavy atom. The molecular formula is C6H11NO4S. The van der Waals surface area contributed by atoms with Crippen LogP contribution in [0, 0.1) is 0 Å². The van der Waals surface area contributed by atoms with Gasteiger partial charge in [-0.2, -0.15) is 8.42 Å². The predicted molar refractivity (Wildman–Crippen MR) is 43.5 cm³/mol. The number of nitrogens with one attached hydrogen (secondary N) is 1. The van der Waals surface area contributed by atoms with Gasteiger partial charge in [-0.25, -0.2) is 4.72 Å². The quantitative estimate of drug-likeness (QED) is 0.636. The molecule has 0 radical (unpaired) electrons. The molecule has 0 aromatic rings. The fourth-order valence-electron chi connectivity index (χ4n) is 0.442. The molecular weight excluding hydrogens is 182 g/mol. The number of amides is 1. The third-order valence-electron chi connectivity index (χ3n) is 0.730. The molecule has 0 aromatic carbocycles. The van der Waals surface area contributed by atoms with Gasteiger partial charge in [-0.15, -0.1) is 0 Å². The number of hydrogen-bond donors (Lipinski definition) is 1. The Bertz CT molecular complexity index is 267. The second-order valence-corrected chi connectivity index (χ2v) is 3.57. The van der Waals surface area contributed by atoms with E-state index < -0.39 is 22.3 Å². The highest BCUT2D eigenvalue weighted by Crippen LogP contribution is 1.94. The minimum Gasteiger partial charge on any atom is -0.269 e. The summed E-state index contributed by atoms with van der Waals surface area (Å²) in [5.41, 5.74) is 0. The summed E-state index contributed by atoms with van der Waals surface area (Å²) in [6.45, 7) is 6.17. The lowest BCUT2D eigenvalue weighted by atomic mass is 10.5. The van der Waals surface area contributed by atoms with Crippen molar-refractivity contribution in [3.8, 4) is 0 Å². The lowest BCUT2D eigenvalue weighted by Gasteiger charge is -2.07. The van der Waals surface area contributed by atoms with Crippen molar-refractivity contribution < 1.29 is 17.4 Å². The van der Waals surface area contributed by atoms with Gasteiger partial charge in [0.25, 0.3) is 5.91 Å². The molecule has 6 heteroatoms. The summed E-state index contributed by atoms with van der Waals surface area (Å²) in [6, 6.07) is 0. The predicted octanol–water partition coefficient (Wildman–Crippen LogP) is -0.0416. The molecule has 0 fully saturated rings. The molecule has 1 N–H and O–H groups in total. The van der Waals surface area contributed by atoms with Crippen LogP contribution in [0.3, 0.4) is 0 Å². The van der Waals surface area contributed by atoms with Crippen LogP contribution in [0.15, 0.2) is 12.7 Å². The van der Waals surface area contributed by atoms with Gasteiger partial charge in [0.2, 0.25) is 0 Å². The van der Waals surface area contributed by atoms with Crippen LogP contribution in [0.2, 0.25) is 0 Å². The van der Waals surface area contributed by atoms with E-state index in [1.54, 1.807) is 4.72 Å². The number of carbonyl (C=O) groups excluding carboxylic acids is 1. The number of rotatable bonds is 4. The Labute approximate surface area is 71.7 Å². The minimum atomic E-state index is -3.96. The van der Waals surface area contributed by atoms with Crippen LogP contribution in [-0.4, -0.2) is 20.4 Å². The van der Waals surface area contributed by atoms with E-state index in [0.717, 1.165) is 6.08 Å². The van der Waals surface area contributed by atoms with Gasteiger partial charge in [-0.3, -0.25) is 8.98 Å². The number of hydrogen-bond acceptors (Lipinski definition) is 4. The zero-order chi connectivity index (χ0) is 9.78. The van der Waals surface area contributed by atoms with Gasteiger partial charge in [-0.1, -0.05) is 6.58 Å². The second kappa shape index (κ2) is 4.22. The van der Waals surface area contributed by atoms with Crippen molar-refractivity contribution in [2.45, 2.75) is 20.0 Å². The Balaban J connectivity index is 4.24. The van der Waals surface area contributed by atoms with Crippen molar-refractivity contribution in [3.63, 3.8) is 0 Å². The summed E-state index contributed by atoms with van der Waals surface area (Å²) in [5.74, 6) is -0.810. The highest BCUT2D eigenvalue weighted by Gasteiger charge is 2.14. The zero-order valence-corrected chi connectivity index (χ0v) is 7.72. The third kappa shape index (κ3) is 4.86. The summed E-state index contributed by atoms with van der Waals surface area (Å²) in [4.78, 5) is 10.5. The molecule has 0 heterocycles. The second-order valence-electron chi connectivity index (χ2n) is 2.27. The van der Waals surface area contributed by atoms with Crippen molar-refractivity contribution in [1.82, 2.24) is 4.72 Å². The molecule has 0 bridgehead atoms. The first-order chi connectivity index (χ1) is 5.37. The minimum absolute atomic E-state index is 0.500. The summed E-state index contributed by atoms with van der Waals surface area (Å²) in [5, 5.41) is 0. The van der Waals surface area contributed by atoms with E-state index in [1.165, 1.54) is 13.8 Å². The first-order valence-electron chi connectivity index (χ1n) is 3.25. The number of carbonyl (C=O) groups is 1. The summed E-state index contributed by atoms with van der Waals surface area (Å²) in [7, 11) is -3.96. The van der Waals surface area contributed by atoms with Crippen LogP contribution in [0.5, 0.6) is 0 Å². The largest absolute Gasteiger partial charge is 0.362 e. The van der Waals surface area contributed by atoms with E-state index in [2.05, 4.69) is 10.8 Å². The van der Waals surface area contributed by atoms with Gasteiger partial charge in [0.1, 0.15) is 0 Å². The summed E-state index contributed by atoms with van der Waals surface area (Å²) >= 11 is 0. The lowest BCUT2D eigenvalue weighted by Crippen LogP contribution is -2.32. The Kier molecular flexibility index (Phi) is 3.91. The van der Waals surface area contributed by atoms with Crippen molar-refractivity contribution in [2.75, 3.05) is 0 Å². The van der Waals surface area contributed by atoms with Gasteiger partial charge in [0.15, 0.2) is 0 Å². The van der Waals surface area contributed by atoms with E-state index in [-0.39, 0.29) is 0 Å². The van der Waals surface area contributed by atoms with E-state index in [9.17, 15) is 13.2 Å². The Morgan fingerprint density at radius 1 is 1.58 bits per heavy atom. The molecule has 0 saturated heterocycles. The Morgan fingerprint density at radius 3 is 2.42 bits per heavy atom. The molecule has 0 spiro atoms. The average Bonchev–Trinajstić information content (AvgIpc) is 1.83. The third-order valence-corrected chi connectivity index (χ3v) is 1.82. The molecule has 5 nitrogen and oxygen atoms in total. The highest BCUT2D eigenvalue weighted by atomic mass is 32.2. The fraction of sp³-hybridized carbons (Fsp3) is 0.500. The monoisotopic (exact) mass is 193 g/mol. The van der Waals surface area contributed by atoms with Gasteiger partial charge >= 0.3 is 10.3 Å². The van der Waals surface area contributed by atoms with Crippen molar-refractivity contribution in [1.29, 1.82) is 0 Å². The van der Waals surface area contributed by atoms with Crippen molar-refractivity contribution in [3.05, 3.63) is 12.7 Å². The molecule has 1 amide bonds. The van der Waals surface area contributed by atoms with E-state index in [4.69, 9.17) is 0 Å². The molecule has 0 aliphatic rings. The van der Waals surface area contributed by atoms with Crippen LogP contribution in [-0.2, 0) is 19.3 Å². The van der Waals surface area contributed by atoms with Gasteiger partial charge in [0.05, 0.1) is 6.10 Å². The average molecular weight is 193 g/mol. The molecule has 0 saturated carbocycles. The lowest BCUT2D eigenvalue weighted by molar-refractivity contribution is -0.115. The van der Waals surface area contributed by atoms with Crippen LogP contribution in [0.1, 0.15) is 13.8 Å². The van der Waals surface area contributed by atoms with Crippen LogP contribution >= 0.6 is 0 Å². The molecule has 0 aliphatic heterocycles. The molecule has 12 heavy (non-hydrogen) atoms. The first kappa shape index (κ1) is 11.1. The van der Waals surface area contributed by atoms with Crippen molar-refractivity contribution >= 4 is 16.2 Å². The topological polar surface area (TPSA) is 72.5 Å². The standard InChI is InChI=1S/C6H11NO4S/c1-4-6(8)7-12(9,10)11-5(2)3/h4-5H,1H2,2-3H3,(H,7,8). The van der Waals surface area contributed by atoms with E-state index in [1.807, 2.05) is 0 Å². The first-order valence-corrected chi connectivity index (χ1v) is 4.65. The fourth-order valence-corrected chi connectivity index (χ4v) is 1.33. The van der Waals surface area contributed by atoms with Crippen LogP contribution in [0.25, 0.3) is 0 Å². The maximum absolute atomic E-state index is 10.8. The molecule has 0 rings (SSSR count). The molecule has 70 valence electrons. The maximum atomic E-state index is 10.8. The summed E-state index contributed by atoms with van der Waals surface area (Å²) < 4.78 is 27.6. The van der Waals surface area contributed by atoms with Gasteiger partial charge in [-0.05, 0) is 19.9 Å². The van der Waals surface area contributed by atoms with Crippen molar-refractivity contribution in [2.24, 2.45) is 0 Å². The van der Waals surface area contributed by atoms with Crippen LogP contribution in [0.4, 0.5) is 0 Å². The van der Waals surface area contributed by atoms with E-state index >= 15 is 0 Å². The zero-order valence-electron chi connectivity index (χ0n) is 6.90. The highest BCUT2D eigenvalue weighted by molar-refractivity contribution is 7.85. The molecule has 0 atom stereocenters. The summed E-state index contributed by atoms with van der Waals surface area (Å²) in [6.07, 6.45) is 0.349. The SMILES string of the molecule is C=CC(=O)NS(=O)(=O)OC(C)C. The van der Waals surface area contributed by atoms with Gasteiger partial charge < -0.3 is 0 Å². The van der Waals surface area contributed by atoms with E-state index in [0.29, 0.717) is 0 Å². The molecule has 0 aromatic heterocycles. The molecule has 0 aliphatic carbocycles. The van der Waals surface area contributed by atoms with Gasteiger partial charge in [0, 0.05) is 0 Å². The maximum Gasteiger partial charge on any atom is 0.362 e. The van der Waals surface area contributed by atoms with Crippen LogP contribution < -0.4 is 4.72 Å². The molecule has 0 unspecified atom stereocenters.